The van der Waals surface area contributed by atoms with E-state index in [1.165, 1.54) is 12.2 Å². The van der Waals surface area contributed by atoms with Gasteiger partial charge in [0.1, 0.15) is 20.2 Å². The fourth-order valence-electron chi connectivity index (χ4n) is 3.40. The summed E-state index contributed by atoms with van der Waals surface area (Å²) in [5, 5.41) is 2.33. The second kappa shape index (κ2) is 10.9. The van der Waals surface area contributed by atoms with E-state index in [0.29, 0.717) is 21.9 Å². The van der Waals surface area contributed by atoms with Crippen molar-refractivity contribution in [3.8, 4) is 0 Å². The van der Waals surface area contributed by atoms with Crippen molar-refractivity contribution in [1.29, 1.82) is 0 Å². The van der Waals surface area contributed by atoms with Gasteiger partial charge in [0, 0.05) is 0 Å². The van der Waals surface area contributed by atoms with Crippen LogP contribution in [0.25, 0.3) is 33.7 Å². The van der Waals surface area contributed by atoms with E-state index in [0.717, 1.165) is 10.8 Å². The van der Waals surface area contributed by atoms with Gasteiger partial charge in [0.05, 0.1) is 9.79 Å². The van der Waals surface area contributed by atoms with Gasteiger partial charge in [-0.3, -0.25) is 0 Å². The van der Waals surface area contributed by atoms with Crippen LogP contribution in [0.2, 0.25) is 0 Å². The normalized spacial score (nSPS) is 11.2. The van der Waals surface area contributed by atoms with Gasteiger partial charge in [0.25, 0.3) is 0 Å². The Morgan fingerprint density at radius 1 is 0.576 bits per heavy atom. The minimum Gasteiger partial charge on any atom is -0.744 e. The minimum atomic E-state index is -4.49. The zero-order valence-corrected chi connectivity index (χ0v) is 21.3. The van der Waals surface area contributed by atoms with Crippen LogP contribution in [0.3, 0.4) is 0 Å². The fourth-order valence-corrected chi connectivity index (χ4v) is 5.19. The molecule has 0 aromatic heterocycles. The number of rotatable bonds is 4. The first-order valence-corrected chi connectivity index (χ1v) is 12.1. The summed E-state index contributed by atoms with van der Waals surface area (Å²) in [5.74, 6) is 0. The van der Waals surface area contributed by atoms with Gasteiger partial charge >= 0.3 is 37.7 Å². The molecule has 4 aromatic rings. The molecular weight excluding hydrogens is 488 g/mol. The van der Waals surface area contributed by atoms with Gasteiger partial charge in [0.2, 0.25) is 0 Å². The third-order valence-electron chi connectivity index (χ3n) is 4.76. The standard InChI is InChI=1S/2C12H10O3S.Ca/c2*1-2-9-7-8-10-5-3-4-6-11(10)12(9)16(13,14)15;/h2*2-8H,1H2,(H,13,14,15);/q;;+2/p-2. The van der Waals surface area contributed by atoms with Crippen LogP contribution in [0.4, 0.5) is 0 Å². The van der Waals surface area contributed by atoms with Crippen molar-refractivity contribution >= 4 is 91.7 Å². The molecule has 0 atom stereocenters. The van der Waals surface area contributed by atoms with Gasteiger partial charge in [-0.15, -0.1) is 0 Å². The molecule has 6 nitrogen and oxygen atoms in total. The van der Waals surface area contributed by atoms with E-state index < -0.39 is 20.2 Å². The molecule has 0 radical (unpaired) electrons. The molecule has 164 valence electrons. The Morgan fingerprint density at radius 2 is 0.909 bits per heavy atom. The minimum absolute atomic E-state index is 0. The Labute approximate surface area is 222 Å². The maximum atomic E-state index is 11.2. The average Bonchev–Trinajstić information content (AvgIpc) is 2.76. The van der Waals surface area contributed by atoms with Crippen molar-refractivity contribution in [3.05, 3.63) is 97.1 Å². The summed E-state index contributed by atoms with van der Waals surface area (Å²) in [6.07, 6.45) is 2.74. The first-order valence-electron chi connectivity index (χ1n) is 9.28. The average molecular weight is 507 g/mol. The molecule has 0 spiro atoms. The van der Waals surface area contributed by atoms with Crippen LogP contribution in [0.15, 0.2) is 95.7 Å². The van der Waals surface area contributed by atoms with Crippen LogP contribution in [0.5, 0.6) is 0 Å². The van der Waals surface area contributed by atoms with E-state index >= 15 is 0 Å². The Bertz CT molecular complexity index is 1440. The van der Waals surface area contributed by atoms with Gasteiger partial charge in [-0.1, -0.05) is 98.1 Å². The Balaban J connectivity index is 0.000000227. The monoisotopic (exact) mass is 506 g/mol. The van der Waals surface area contributed by atoms with Crippen LogP contribution in [0.1, 0.15) is 11.1 Å². The summed E-state index contributed by atoms with van der Waals surface area (Å²) in [7, 11) is -8.99. The van der Waals surface area contributed by atoms with Crippen LogP contribution in [-0.2, 0) is 20.2 Å². The summed E-state index contributed by atoms with van der Waals surface area (Å²) >= 11 is 0. The van der Waals surface area contributed by atoms with Crippen molar-refractivity contribution in [2.24, 2.45) is 0 Å². The number of hydrogen-bond acceptors (Lipinski definition) is 6. The third-order valence-corrected chi connectivity index (χ3v) is 6.67. The van der Waals surface area contributed by atoms with Gasteiger partial charge in [-0.2, -0.15) is 0 Å². The van der Waals surface area contributed by atoms with Crippen LogP contribution in [0, 0.1) is 0 Å². The van der Waals surface area contributed by atoms with Gasteiger partial charge in [0.15, 0.2) is 0 Å². The second-order valence-corrected chi connectivity index (χ2v) is 9.36. The molecule has 9 heteroatoms. The topological polar surface area (TPSA) is 114 Å². The van der Waals surface area contributed by atoms with Crippen molar-refractivity contribution in [2.75, 3.05) is 0 Å². The molecule has 0 N–H and O–H groups in total. The van der Waals surface area contributed by atoms with E-state index in [1.54, 1.807) is 72.8 Å². The zero-order valence-electron chi connectivity index (χ0n) is 17.5. The van der Waals surface area contributed by atoms with E-state index in [9.17, 15) is 25.9 Å². The summed E-state index contributed by atoms with van der Waals surface area (Å²) in [5.41, 5.74) is 0.683. The molecule has 0 saturated carbocycles. The molecule has 33 heavy (non-hydrogen) atoms. The molecule has 0 aliphatic rings. The Hall–Kier alpha value is -2.04. The Morgan fingerprint density at radius 3 is 1.21 bits per heavy atom. The van der Waals surface area contributed by atoms with Crippen molar-refractivity contribution < 1.29 is 25.9 Å². The van der Waals surface area contributed by atoms with Crippen LogP contribution >= 0.6 is 0 Å². The van der Waals surface area contributed by atoms with Crippen molar-refractivity contribution in [2.45, 2.75) is 9.79 Å². The van der Waals surface area contributed by atoms with Gasteiger partial charge in [-0.25, -0.2) is 16.8 Å². The molecule has 0 amide bonds. The van der Waals surface area contributed by atoms with E-state index in [2.05, 4.69) is 13.2 Å². The molecule has 0 fully saturated rings. The number of hydrogen-bond donors (Lipinski definition) is 0. The van der Waals surface area contributed by atoms with Crippen LogP contribution in [-0.4, -0.2) is 63.7 Å². The second-order valence-electron chi connectivity index (χ2n) is 6.73. The van der Waals surface area contributed by atoms with Crippen molar-refractivity contribution in [1.82, 2.24) is 0 Å². The fraction of sp³-hybridized carbons (Fsp3) is 0. The summed E-state index contributed by atoms with van der Waals surface area (Å²) in [6, 6.07) is 20.4. The largest absolute Gasteiger partial charge is 2.00 e. The summed E-state index contributed by atoms with van der Waals surface area (Å²) in [6.45, 7) is 7.02. The van der Waals surface area contributed by atoms with Gasteiger partial charge in [-0.05, 0) is 32.7 Å². The molecular formula is C24H18CaO6S2. The maximum Gasteiger partial charge on any atom is 2.00 e. The molecule has 0 saturated heterocycles. The van der Waals surface area contributed by atoms with Gasteiger partial charge < -0.3 is 9.11 Å². The van der Waals surface area contributed by atoms with E-state index in [1.807, 2.05) is 0 Å². The van der Waals surface area contributed by atoms with Crippen LogP contribution < -0.4 is 0 Å². The smallest absolute Gasteiger partial charge is 0.744 e. The predicted octanol–water partition coefficient (Wildman–Crippen LogP) is 4.39. The molecule has 0 unspecified atom stereocenters. The van der Waals surface area contributed by atoms with E-state index in [4.69, 9.17) is 0 Å². The quantitative estimate of drug-likeness (QED) is 0.299. The Kier molecular flexibility index (Phi) is 9.01. The molecule has 0 aliphatic heterocycles. The predicted molar refractivity (Wildman–Crippen MR) is 130 cm³/mol. The third kappa shape index (κ3) is 6.10. The molecule has 4 aromatic carbocycles. The first-order chi connectivity index (χ1) is 15.1. The zero-order chi connectivity index (χ0) is 23.5. The molecule has 4 rings (SSSR count). The van der Waals surface area contributed by atoms with E-state index in [-0.39, 0.29) is 47.5 Å². The SMILES string of the molecule is C=Cc1ccc2ccccc2c1S(=O)(=O)[O-].C=Cc1ccc2ccccc2c1S(=O)(=O)[O-].[Ca+2]. The molecule has 0 heterocycles. The molecule has 0 bridgehead atoms. The van der Waals surface area contributed by atoms with Crippen molar-refractivity contribution in [3.63, 3.8) is 0 Å². The summed E-state index contributed by atoms with van der Waals surface area (Å²) in [4.78, 5) is -0.388. The summed E-state index contributed by atoms with van der Waals surface area (Å²) < 4.78 is 67.3. The first kappa shape index (κ1) is 27.2. The number of benzene rings is 4. The number of fused-ring (bicyclic) bond motifs is 2. The maximum absolute atomic E-state index is 11.2. The molecule has 0 aliphatic carbocycles.